The van der Waals surface area contributed by atoms with Gasteiger partial charge in [-0.25, -0.2) is 4.98 Å². The van der Waals surface area contributed by atoms with Crippen LogP contribution in [0, 0.1) is 0 Å². The Bertz CT molecular complexity index is 426. The first-order valence-electron chi connectivity index (χ1n) is 4.03. The third kappa shape index (κ3) is 1.59. The maximum absolute atomic E-state index is 5.96. The third-order valence-corrected chi connectivity index (χ3v) is 2.18. The van der Waals surface area contributed by atoms with E-state index in [9.17, 15) is 0 Å². The summed E-state index contributed by atoms with van der Waals surface area (Å²) in [6.45, 7) is 0. The van der Waals surface area contributed by atoms with Crippen molar-refractivity contribution in [2.75, 3.05) is 7.11 Å². The molecule has 0 unspecified atom stereocenters. The number of oxazole rings is 1. The molecule has 14 heavy (non-hydrogen) atoms. The molecule has 2 rings (SSSR count). The highest BCUT2D eigenvalue weighted by molar-refractivity contribution is 6.32. The second-order valence-corrected chi connectivity index (χ2v) is 3.13. The van der Waals surface area contributed by atoms with Gasteiger partial charge >= 0.3 is 0 Å². The van der Waals surface area contributed by atoms with Crippen LogP contribution in [0.3, 0.4) is 0 Å². The molecule has 0 radical (unpaired) electrons. The smallest absolute Gasteiger partial charge is 0.181 e. The average Bonchev–Trinajstić information content (AvgIpc) is 2.70. The molecule has 0 N–H and O–H groups in total. The highest BCUT2D eigenvalue weighted by atomic mass is 35.5. The van der Waals surface area contributed by atoms with Crippen LogP contribution < -0.4 is 4.74 Å². The van der Waals surface area contributed by atoms with E-state index < -0.39 is 0 Å². The van der Waals surface area contributed by atoms with E-state index in [1.807, 2.05) is 6.07 Å². The summed E-state index contributed by atoms with van der Waals surface area (Å²) >= 11 is 5.96. The number of hydrogen-bond acceptors (Lipinski definition) is 3. The zero-order valence-electron chi connectivity index (χ0n) is 7.53. The van der Waals surface area contributed by atoms with Gasteiger partial charge in [0.05, 0.1) is 12.1 Å². The average molecular weight is 210 g/mol. The second-order valence-electron chi connectivity index (χ2n) is 2.72. The van der Waals surface area contributed by atoms with Crippen LogP contribution in [0.5, 0.6) is 5.75 Å². The van der Waals surface area contributed by atoms with Crippen LogP contribution in [-0.4, -0.2) is 12.1 Å². The Morgan fingerprint density at radius 2 is 2.29 bits per heavy atom. The molecule has 3 nitrogen and oxygen atoms in total. The summed E-state index contributed by atoms with van der Waals surface area (Å²) in [5, 5.41) is 0.563. The van der Waals surface area contributed by atoms with Gasteiger partial charge in [0.15, 0.2) is 6.39 Å². The predicted molar refractivity (Wildman–Crippen MR) is 53.5 cm³/mol. The fourth-order valence-electron chi connectivity index (χ4n) is 1.18. The summed E-state index contributed by atoms with van der Waals surface area (Å²) in [4.78, 5) is 4.02. The van der Waals surface area contributed by atoms with Crippen molar-refractivity contribution in [2.45, 2.75) is 0 Å². The molecule has 1 aromatic heterocycles. The van der Waals surface area contributed by atoms with Crippen LogP contribution in [0.2, 0.25) is 5.02 Å². The van der Waals surface area contributed by atoms with Crippen LogP contribution in [0.1, 0.15) is 0 Å². The Morgan fingerprint density at radius 1 is 1.43 bits per heavy atom. The van der Waals surface area contributed by atoms with E-state index in [4.69, 9.17) is 20.8 Å². The summed E-state index contributed by atoms with van der Waals surface area (Å²) < 4.78 is 9.92. The molecule has 0 bridgehead atoms. The molecule has 0 atom stereocenters. The van der Waals surface area contributed by atoms with Crippen molar-refractivity contribution in [1.29, 1.82) is 0 Å². The molecule has 2 aromatic rings. The summed E-state index contributed by atoms with van der Waals surface area (Å²) in [5.74, 6) is 0.652. The van der Waals surface area contributed by atoms with Crippen molar-refractivity contribution in [3.63, 3.8) is 0 Å². The van der Waals surface area contributed by atoms with Crippen molar-refractivity contribution >= 4 is 11.6 Å². The second kappa shape index (κ2) is 3.72. The van der Waals surface area contributed by atoms with Gasteiger partial charge in [-0.3, -0.25) is 0 Å². The van der Waals surface area contributed by atoms with Crippen LogP contribution in [0.4, 0.5) is 0 Å². The fourth-order valence-corrected chi connectivity index (χ4v) is 1.44. The van der Waals surface area contributed by atoms with E-state index in [0.717, 1.165) is 11.3 Å². The number of methoxy groups -OCH3 is 1. The molecule has 0 aliphatic rings. The molecular weight excluding hydrogens is 202 g/mol. The largest absolute Gasteiger partial charge is 0.495 e. The molecule has 1 heterocycles. The zero-order valence-corrected chi connectivity index (χ0v) is 8.28. The Kier molecular flexibility index (Phi) is 2.41. The van der Waals surface area contributed by atoms with E-state index in [0.29, 0.717) is 10.8 Å². The number of ether oxygens (including phenoxy) is 1. The van der Waals surface area contributed by atoms with Gasteiger partial charge in [0.1, 0.15) is 17.7 Å². The normalized spacial score (nSPS) is 10.1. The van der Waals surface area contributed by atoms with Gasteiger partial charge in [-0.15, -0.1) is 0 Å². The molecule has 0 saturated carbocycles. The predicted octanol–water partition coefficient (Wildman–Crippen LogP) is 3.00. The molecule has 0 saturated heterocycles. The standard InChI is InChI=1S/C10H8ClNO2/c1-13-10-3-2-7(4-8(10)11)9-5-14-6-12-9/h2-6H,1H3. The maximum Gasteiger partial charge on any atom is 0.181 e. The lowest BCUT2D eigenvalue weighted by molar-refractivity contribution is 0.415. The highest BCUT2D eigenvalue weighted by Gasteiger charge is 2.05. The minimum absolute atomic E-state index is 0.563. The molecule has 72 valence electrons. The Labute approximate surface area is 86.3 Å². The van der Waals surface area contributed by atoms with Crippen LogP contribution >= 0.6 is 11.6 Å². The molecule has 1 aromatic carbocycles. The lowest BCUT2D eigenvalue weighted by Crippen LogP contribution is -1.84. The first-order valence-corrected chi connectivity index (χ1v) is 4.41. The lowest BCUT2D eigenvalue weighted by atomic mass is 10.2. The Hall–Kier alpha value is -1.48. The molecule has 4 heteroatoms. The third-order valence-electron chi connectivity index (χ3n) is 1.88. The van der Waals surface area contributed by atoms with Crippen LogP contribution in [0.15, 0.2) is 35.3 Å². The van der Waals surface area contributed by atoms with Crippen LogP contribution in [0.25, 0.3) is 11.3 Å². The van der Waals surface area contributed by atoms with Crippen molar-refractivity contribution < 1.29 is 9.15 Å². The van der Waals surface area contributed by atoms with Crippen LogP contribution in [-0.2, 0) is 0 Å². The van der Waals surface area contributed by atoms with Crippen molar-refractivity contribution in [1.82, 2.24) is 4.98 Å². The van der Waals surface area contributed by atoms with E-state index in [-0.39, 0.29) is 0 Å². The number of nitrogens with zero attached hydrogens (tertiary/aromatic N) is 1. The zero-order chi connectivity index (χ0) is 9.97. The van der Waals surface area contributed by atoms with Gasteiger partial charge in [0.2, 0.25) is 0 Å². The van der Waals surface area contributed by atoms with E-state index >= 15 is 0 Å². The Balaban J connectivity index is 2.43. The number of hydrogen-bond donors (Lipinski definition) is 0. The summed E-state index contributed by atoms with van der Waals surface area (Å²) in [6, 6.07) is 5.47. The molecule has 0 fully saturated rings. The lowest BCUT2D eigenvalue weighted by Gasteiger charge is -2.03. The molecule has 0 spiro atoms. The minimum Gasteiger partial charge on any atom is -0.495 e. The number of benzene rings is 1. The molecular formula is C10H8ClNO2. The summed E-state index contributed by atoms with van der Waals surface area (Å²) in [7, 11) is 1.58. The van der Waals surface area contributed by atoms with Gasteiger partial charge < -0.3 is 9.15 Å². The molecule has 0 amide bonds. The number of aromatic nitrogens is 1. The SMILES string of the molecule is COc1ccc(-c2cocn2)cc1Cl. The van der Waals surface area contributed by atoms with Gasteiger partial charge in [-0.1, -0.05) is 11.6 Å². The van der Waals surface area contributed by atoms with E-state index in [1.165, 1.54) is 6.39 Å². The van der Waals surface area contributed by atoms with Crippen molar-refractivity contribution in [3.8, 4) is 17.0 Å². The maximum atomic E-state index is 5.96. The van der Waals surface area contributed by atoms with E-state index in [1.54, 1.807) is 25.5 Å². The van der Waals surface area contributed by atoms with Gasteiger partial charge in [0, 0.05) is 5.56 Å². The van der Waals surface area contributed by atoms with Gasteiger partial charge in [-0.2, -0.15) is 0 Å². The number of rotatable bonds is 2. The first kappa shape index (κ1) is 9.09. The number of halogens is 1. The minimum atomic E-state index is 0.563. The topological polar surface area (TPSA) is 35.3 Å². The van der Waals surface area contributed by atoms with Gasteiger partial charge in [-0.05, 0) is 18.2 Å². The van der Waals surface area contributed by atoms with E-state index in [2.05, 4.69) is 4.98 Å². The first-order chi connectivity index (χ1) is 6.81. The van der Waals surface area contributed by atoms with Gasteiger partial charge in [0.25, 0.3) is 0 Å². The highest BCUT2D eigenvalue weighted by Crippen LogP contribution is 2.29. The summed E-state index contributed by atoms with van der Waals surface area (Å²) in [6.07, 6.45) is 2.95. The van der Waals surface area contributed by atoms with Crippen molar-refractivity contribution in [2.24, 2.45) is 0 Å². The van der Waals surface area contributed by atoms with Crippen molar-refractivity contribution in [3.05, 3.63) is 35.9 Å². The molecule has 0 aliphatic carbocycles. The fraction of sp³-hybridized carbons (Fsp3) is 0.100. The molecule has 0 aliphatic heterocycles. The monoisotopic (exact) mass is 209 g/mol. The summed E-state index contributed by atoms with van der Waals surface area (Å²) in [5.41, 5.74) is 1.67. The quantitative estimate of drug-likeness (QED) is 0.763. The Morgan fingerprint density at radius 3 is 2.86 bits per heavy atom.